The molecule has 0 saturated heterocycles. The van der Waals surface area contributed by atoms with Gasteiger partial charge in [0.25, 0.3) is 0 Å². The maximum Gasteiger partial charge on any atom is 0.0822 e. The number of nitrogens with zero attached hydrogens (tertiary/aromatic N) is 1. The van der Waals surface area contributed by atoms with E-state index in [0.717, 1.165) is 18.8 Å². The van der Waals surface area contributed by atoms with Gasteiger partial charge < -0.3 is 0 Å². The molecule has 0 radical (unpaired) electrons. The van der Waals surface area contributed by atoms with Gasteiger partial charge in [-0.15, -0.1) is 0 Å². The Hall–Kier alpha value is -2.07. The summed E-state index contributed by atoms with van der Waals surface area (Å²) in [7, 11) is 0. The molecule has 1 fully saturated rings. The van der Waals surface area contributed by atoms with Crippen LogP contribution in [0.5, 0.6) is 0 Å². The van der Waals surface area contributed by atoms with Gasteiger partial charge in [0.05, 0.1) is 11.5 Å². The van der Waals surface area contributed by atoms with E-state index in [-0.39, 0.29) is 5.41 Å². The molecular weight excluding hydrogens is 374 g/mol. The second-order valence-electron chi connectivity index (χ2n) is 9.72. The molecule has 0 atom stereocenters. The molecule has 31 heavy (non-hydrogen) atoms. The number of rotatable bonds is 11. The highest BCUT2D eigenvalue weighted by molar-refractivity contribution is 5.64. The molecule has 0 heterocycles. The lowest BCUT2D eigenvalue weighted by molar-refractivity contribution is 0.263. The van der Waals surface area contributed by atoms with Gasteiger partial charge in [-0.1, -0.05) is 107 Å². The highest BCUT2D eigenvalue weighted by atomic mass is 14.4. The summed E-state index contributed by atoms with van der Waals surface area (Å²) in [6.07, 6.45) is 16.3. The molecule has 1 aliphatic carbocycles. The van der Waals surface area contributed by atoms with Gasteiger partial charge in [-0.05, 0) is 66.7 Å². The number of hydrogen-bond acceptors (Lipinski definition) is 1. The molecule has 0 aromatic heterocycles. The van der Waals surface area contributed by atoms with Gasteiger partial charge in [-0.3, -0.25) is 0 Å². The second-order valence-corrected chi connectivity index (χ2v) is 9.72. The molecule has 0 aliphatic heterocycles. The fourth-order valence-electron chi connectivity index (χ4n) is 5.20. The zero-order chi connectivity index (χ0) is 21.9. The summed E-state index contributed by atoms with van der Waals surface area (Å²) in [5.74, 6) is 0.825. The van der Waals surface area contributed by atoms with E-state index in [1.54, 1.807) is 0 Å². The van der Waals surface area contributed by atoms with Crippen molar-refractivity contribution >= 4 is 0 Å². The minimum atomic E-state index is -0.275. The Morgan fingerprint density at radius 3 is 1.94 bits per heavy atom. The van der Waals surface area contributed by atoms with Crippen LogP contribution in [0.2, 0.25) is 0 Å². The first-order valence-corrected chi connectivity index (χ1v) is 12.8. The van der Waals surface area contributed by atoms with Crippen molar-refractivity contribution < 1.29 is 0 Å². The topological polar surface area (TPSA) is 23.8 Å². The van der Waals surface area contributed by atoms with E-state index in [2.05, 4.69) is 68.4 Å². The van der Waals surface area contributed by atoms with Crippen LogP contribution in [0.15, 0.2) is 48.5 Å². The third kappa shape index (κ3) is 6.46. The summed E-state index contributed by atoms with van der Waals surface area (Å²) in [6, 6.07) is 20.7. The van der Waals surface area contributed by atoms with E-state index in [1.807, 2.05) is 0 Å². The van der Waals surface area contributed by atoms with Crippen molar-refractivity contribution in [3.63, 3.8) is 0 Å². The van der Waals surface area contributed by atoms with Gasteiger partial charge in [0.15, 0.2) is 0 Å². The second kappa shape index (κ2) is 12.1. The minimum Gasteiger partial charge on any atom is -0.197 e. The van der Waals surface area contributed by atoms with Crippen LogP contribution in [0, 0.1) is 17.2 Å². The maximum atomic E-state index is 10.0. The first-order valence-electron chi connectivity index (χ1n) is 12.8. The molecule has 0 spiro atoms. The van der Waals surface area contributed by atoms with Crippen molar-refractivity contribution in [3.8, 4) is 17.2 Å². The smallest absolute Gasteiger partial charge is 0.0822 e. The third-order valence-corrected chi connectivity index (χ3v) is 7.43. The van der Waals surface area contributed by atoms with Crippen LogP contribution in [0.3, 0.4) is 0 Å². The maximum absolute atomic E-state index is 10.0. The van der Waals surface area contributed by atoms with Crippen molar-refractivity contribution in [2.75, 3.05) is 0 Å². The average molecular weight is 416 g/mol. The lowest BCUT2D eigenvalue weighted by atomic mass is 9.67. The molecule has 1 heteroatoms. The Labute approximate surface area is 190 Å². The van der Waals surface area contributed by atoms with Gasteiger partial charge in [0.1, 0.15) is 0 Å². The molecule has 0 bridgehead atoms. The number of unbranched alkanes of at least 4 members (excludes halogenated alkanes) is 5. The van der Waals surface area contributed by atoms with Gasteiger partial charge in [-0.2, -0.15) is 5.26 Å². The first-order chi connectivity index (χ1) is 15.2. The normalized spacial score (nSPS) is 21.0. The molecule has 1 saturated carbocycles. The van der Waals surface area contributed by atoms with E-state index in [1.165, 1.54) is 92.9 Å². The van der Waals surface area contributed by atoms with Gasteiger partial charge >= 0.3 is 0 Å². The standard InChI is InChI=1S/C30H41N/c1-3-5-7-8-9-11-25-12-14-27(15-13-25)28-16-18-29(19-17-28)30(24-31)22-20-26(21-23-30)10-6-4-2/h12-19,26H,3-11,20-23H2,1-2H3. The summed E-state index contributed by atoms with van der Waals surface area (Å²) in [5, 5.41) is 10.0. The molecule has 1 aliphatic rings. The number of aryl methyl sites for hydroxylation is 1. The Morgan fingerprint density at radius 2 is 1.35 bits per heavy atom. The Balaban J connectivity index is 1.59. The van der Waals surface area contributed by atoms with Crippen LogP contribution < -0.4 is 0 Å². The van der Waals surface area contributed by atoms with E-state index >= 15 is 0 Å². The van der Waals surface area contributed by atoms with Gasteiger partial charge in [-0.25, -0.2) is 0 Å². The molecule has 2 aromatic rings. The van der Waals surface area contributed by atoms with Gasteiger partial charge in [0, 0.05) is 0 Å². The molecule has 166 valence electrons. The molecule has 0 amide bonds. The number of nitriles is 1. The zero-order valence-electron chi connectivity index (χ0n) is 19.8. The van der Waals surface area contributed by atoms with E-state index in [0.29, 0.717) is 0 Å². The van der Waals surface area contributed by atoms with E-state index in [4.69, 9.17) is 0 Å². The van der Waals surface area contributed by atoms with E-state index in [9.17, 15) is 5.26 Å². The third-order valence-electron chi connectivity index (χ3n) is 7.43. The summed E-state index contributed by atoms with van der Waals surface area (Å²) < 4.78 is 0. The highest BCUT2D eigenvalue weighted by Gasteiger charge is 2.36. The molecule has 2 aromatic carbocycles. The highest BCUT2D eigenvalue weighted by Crippen LogP contribution is 2.43. The summed E-state index contributed by atoms with van der Waals surface area (Å²) >= 11 is 0. The van der Waals surface area contributed by atoms with Crippen molar-refractivity contribution in [2.45, 2.75) is 103 Å². The van der Waals surface area contributed by atoms with Crippen LogP contribution in [-0.4, -0.2) is 0 Å². The molecular formula is C30H41N. The van der Waals surface area contributed by atoms with Crippen molar-refractivity contribution in [1.29, 1.82) is 5.26 Å². The van der Waals surface area contributed by atoms with Crippen LogP contribution >= 0.6 is 0 Å². The Bertz CT molecular complexity index is 801. The predicted octanol–water partition coefficient (Wildman–Crippen LogP) is 9.01. The Kier molecular flexibility index (Phi) is 9.20. The minimum absolute atomic E-state index is 0.275. The number of benzene rings is 2. The van der Waals surface area contributed by atoms with Crippen LogP contribution in [0.25, 0.3) is 11.1 Å². The van der Waals surface area contributed by atoms with Crippen molar-refractivity contribution in [2.24, 2.45) is 5.92 Å². The van der Waals surface area contributed by atoms with Crippen molar-refractivity contribution in [1.82, 2.24) is 0 Å². The molecule has 3 rings (SSSR count). The summed E-state index contributed by atoms with van der Waals surface area (Å²) in [5.41, 5.74) is 4.91. The predicted molar refractivity (Wildman–Crippen MR) is 133 cm³/mol. The van der Waals surface area contributed by atoms with Gasteiger partial charge in [0.2, 0.25) is 0 Å². The largest absolute Gasteiger partial charge is 0.197 e. The monoisotopic (exact) mass is 415 g/mol. The Morgan fingerprint density at radius 1 is 0.774 bits per heavy atom. The number of hydrogen-bond donors (Lipinski definition) is 0. The lowest BCUT2D eigenvalue weighted by Crippen LogP contribution is -2.30. The van der Waals surface area contributed by atoms with Crippen LogP contribution in [-0.2, 0) is 11.8 Å². The zero-order valence-corrected chi connectivity index (χ0v) is 19.8. The molecule has 1 nitrogen and oxygen atoms in total. The quantitative estimate of drug-likeness (QED) is 0.336. The average Bonchev–Trinajstić information content (AvgIpc) is 2.83. The van der Waals surface area contributed by atoms with E-state index < -0.39 is 0 Å². The van der Waals surface area contributed by atoms with Crippen molar-refractivity contribution in [3.05, 3.63) is 59.7 Å². The molecule has 0 N–H and O–H groups in total. The van der Waals surface area contributed by atoms with Crippen LogP contribution in [0.1, 0.15) is 102 Å². The fraction of sp³-hybridized carbons (Fsp3) is 0.567. The van der Waals surface area contributed by atoms with Crippen LogP contribution in [0.4, 0.5) is 0 Å². The summed E-state index contributed by atoms with van der Waals surface area (Å²) in [4.78, 5) is 0. The fourth-order valence-corrected chi connectivity index (χ4v) is 5.20. The SMILES string of the molecule is CCCCCCCc1ccc(-c2ccc(C3(C#N)CCC(CCCC)CC3)cc2)cc1. The first kappa shape index (κ1) is 23.6. The summed E-state index contributed by atoms with van der Waals surface area (Å²) in [6.45, 7) is 4.54. The molecule has 0 unspecified atom stereocenters. The lowest BCUT2D eigenvalue weighted by Gasteiger charge is -2.35.